The third-order valence-corrected chi connectivity index (χ3v) is 16.5. The maximum Gasteiger partial charge on any atom is 0.188 e. The normalized spacial score (nSPS) is 50.2. The molecule has 0 aromatic heterocycles. The van der Waals surface area contributed by atoms with Gasteiger partial charge in [0.25, 0.3) is 0 Å². The van der Waals surface area contributed by atoms with Gasteiger partial charge in [0, 0.05) is 7.11 Å². The van der Waals surface area contributed by atoms with Gasteiger partial charge in [-0.15, -0.1) is 0 Å². The Balaban J connectivity index is 1.17. The van der Waals surface area contributed by atoms with Crippen molar-refractivity contribution in [3.05, 3.63) is 17.1 Å². The molecule has 0 aromatic rings. The lowest BCUT2D eigenvalue weighted by atomic mass is 9.42. The van der Waals surface area contributed by atoms with Gasteiger partial charge in [-0.05, 0) is 86.5 Å². The number of hydrogen-bond acceptors (Lipinski definition) is 23. The van der Waals surface area contributed by atoms with Gasteiger partial charge in [0.1, 0.15) is 85.5 Å². The van der Waals surface area contributed by atoms with Gasteiger partial charge < -0.3 is 104 Å². The molecule has 7 rings (SSSR count). The molecule has 0 radical (unpaired) electrons. The molecule has 0 aromatic carbocycles. The van der Waals surface area contributed by atoms with Crippen LogP contribution in [0, 0.1) is 27.6 Å². The van der Waals surface area contributed by atoms with E-state index in [9.17, 15) is 71.3 Å². The number of ether oxygens (including phenoxy) is 8. The Morgan fingerprint density at radius 2 is 1.29 bits per heavy atom. The summed E-state index contributed by atoms with van der Waals surface area (Å²) in [6.07, 6.45) is -25.0. The van der Waals surface area contributed by atoms with Gasteiger partial charge in [-0.2, -0.15) is 4.91 Å². The first-order valence-corrected chi connectivity index (χ1v) is 22.9. The molecule has 3 saturated heterocycles. The van der Waals surface area contributed by atoms with Crippen LogP contribution >= 0.6 is 0 Å². The Morgan fingerprint density at radius 1 is 0.712 bits per heavy atom. The van der Waals surface area contributed by atoms with Gasteiger partial charge in [-0.25, -0.2) is 0 Å². The van der Waals surface area contributed by atoms with E-state index in [1.165, 1.54) is 0 Å². The Labute approximate surface area is 381 Å². The first-order chi connectivity index (χ1) is 31.2. The average Bonchev–Trinajstić information content (AvgIpc) is 3.49. The Bertz CT molecular complexity index is 1660. The molecule has 66 heavy (non-hydrogen) atoms. The number of fused-ring (bicyclic) bond motifs is 3. The molecule has 23 heteroatoms. The number of nitroso groups, excluding NO2 is 1. The lowest BCUT2D eigenvalue weighted by Gasteiger charge is -2.65. The van der Waals surface area contributed by atoms with Crippen molar-refractivity contribution >= 4 is 0 Å². The summed E-state index contributed by atoms with van der Waals surface area (Å²) in [5, 5.41) is 141. The molecule has 3 heterocycles. The van der Waals surface area contributed by atoms with Crippen LogP contribution in [0.1, 0.15) is 71.6 Å². The van der Waals surface area contributed by atoms with Gasteiger partial charge in [-0.1, -0.05) is 25.1 Å². The molecule has 13 N–H and O–H groups in total. The van der Waals surface area contributed by atoms with E-state index in [-0.39, 0.29) is 22.7 Å². The maximum absolute atomic E-state index is 11.8. The number of rotatable bonds is 17. The van der Waals surface area contributed by atoms with E-state index in [2.05, 4.69) is 18.7 Å². The van der Waals surface area contributed by atoms with E-state index in [0.29, 0.717) is 50.5 Å². The summed E-state index contributed by atoms with van der Waals surface area (Å²) in [5.41, 5.74) is -1.92. The van der Waals surface area contributed by atoms with Gasteiger partial charge >= 0.3 is 0 Å². The van der Waals surface area contributed by atoms with Crippen molar-refractivity contribution in [2.24, 2.45) is 27.8 Å². The van der Waals surface area contributed by atoms with Gasteiger partial charge in [0.2, 0.25) is 0 Å². The third kappa shape index (κ3) is 9.06. The lowest BCUT2D eigenvalue weighted by Crippen LogP contribution is -2.67. The van der Waals surface area contributed by atoms with Crippen LogP contribution in [-0.2, 0) is 37.9 Å². The van der Waals surface area contributed by atoms with Crippen LogP contribution in [0.25, 0.3) is 0 Å². The van der Waals surface area contributed by atoms with E-state index in [4.69, 9.17) is 37.9 Å². The molecule has 7 aliphatic rings. The van der Waals surface area contributed by atoms with Crippen molar-refractivity contribution in [2.75, 3.05) is 33.5 Å². The van der Waals surface area contributed by atoms with Crippen molar-refractivity contribution in [2.45, 2.75) is 199 Å². The van der Waals surface area contributed by atoms with Crippen molar-refractivity contribution < 1.29 is 104 Å². The zero-order chi connectivity index (χ0) is 48.3. The molecule has 1 spiro atoms. The highest BCUT2D eigenvalue weighted by molar-refractivity contribution is 5.30. The monoisotopic (exact) mass is 953 g/mol. The Morgan fingerprint density at radius 3 is 1.88 bits per heavy atom. The van der Waals surface area contributed by atoms with E-state index >= 15 is 0 Å². The summed E-state index contributed by atoms with van der Waals surface area (Å²) < 4.78 is 48.3. The molecule has 2 bridgehead atoms. The highest BCUT2D eigenvalue weighted by Gasteiger charge is 2.69. The highest BCUT2D eigenvalue weighted by Crippen LogP contribution is 2.73. The van der Waals surface area contributed by atoms with E-state index in [1.807, 2.05) is 6.92 Å². The van der Waals surface area contributed by atoms with E-state index < -0.39 is 154 Å². The third-order valence-electron chi connectivity index (χ3n) is 16.5. The second-order valence-corrected chi connectivity index (χ2v) is 20.1. The van der Waals surface area contributed by atoms with Crippen LogP contribution in [0.3, 0.4) is 0 Å². The number of aliphatic hydroxyl groups is 13. The first kappa shape index (κ1) is 52.3. The summed E-state index contributed by atoms with van der Waals surface area (Å²) in [4.78, 5) is 11.8. The molecule has 380 valence electrons. The molecule has 7 fully saturated rings. The summed E-state index contributed by atoms with van der Waals surface area (Å²) >= 11 is 0. The van der Waals surface area contributed by atoms with E-state index in [0.717, 1.165) is 20.0 Å². The average molecular weight is 954 g/mol. The smallest absolute Gasteiger partial charge is 0.188 e. The number of aliphatic hydroxyl groups excluding tert-OH is 13. The highest BCUT2D eigenvalue weighted by atomic mass is 16.8. The second kappa shape index (κ2) is 20.3. The largest absolute Gasteiger partial charge is 0.394 e. The Kier molecular flexibility index (Phi) is 16.1. The van der Waals surface area contributed by atoms with Crippen molar-refractivity contribution in [3.63, 3.8) is 0 Å². The number of hydrogen-bond donors (Lipinski definition) is 13. The molecule has 3 aliphatic heterocycles. The van der Waals surface area contributed by atoms with Crippen LogP contribution in [-0.4, -0.2) is 228 Å². The van der Waals surface area contributed by atoms with Crippen molar-refractivity contribution in [1.82, 2.24) is 0 Å². The standard InChI is InChI=1S/C43H71NO22/c1-18-12-42-10-6-23-40(2,8-5-9-41(23,3)65-38-33(56)31(54)27(50)21(15-47)61-38)24(42)7-11-43(18,17-42)66-39-35(64-37-32(55)30(53)26(49)20(14-46)60-37)34(28(51)22(16-48)62-39)63-36(57)29(52)25(44-58)19(13-45)59-4/h19-39,45-57H,1,5-17H2,2-4H3/t19?,20?,21?,22?,23-,24-,25?,26?,27?,28?,29?,30?,31?,32?,33?,34?,35?,36?,37?,38?,39?,40+,41?,42+,43-/m0/s1. The number of nitrogens with zero attached hydrogens (tertiary/aromatic N) is 1. The maximum atomic E-state index is 11.8. The van der Waals surface area contributed by atoms with Crippen LogP contribution in [0.15, 0.2) is 17.3 Å². The van der Waals surface area contributed by atoms with Gasteiger partial charge in [0.15, 0.2) is 31.2 Å². The summed E-state index contributed by atoms with van der Waals surface area (Å²) in [5.74, 6) is 0.0548. The molecular formula is C43H71NO22. The predicted molar refractivity (Wildman–Crippen MR) is 220 cm³/mol. The zero-order valence-corrected chi connectivity index (χ0v) is 37.5. The molecular weight excluding hydrogens is 882 g/mol. The van der Waals surface area contributed by atoms with Crippen LogP contribution in [0.4, 0.5) is 0 Å². The predicted octanol–water partition coefficient (Wildman–Crippen LogP) is -3.87. The van der Waals surface area contributed by atoms with Crippen LogP contribution in [0.2, 0.25) is 0 Å². The fourth-order valence-electron chi connectivity index (χ4n) is 13.1. The van der Waals surface area contributed by atoms with Gasteiger partial charge in [-0.3, -0.25) is 0 Å². The lowest BCUT2D eigenvalue weighted by molar-refractivity contribution is -0.391. The van der Waals surface area contributed by atoms with Crippen molar-refractivity contribution in [3.8, 4) is 0 Å². The van der Waals surface area contributed by atoms with Crippen molar-refractivity contribution in [1.29, 1.82) is 0 Å². The van der Waals surface area contributed by atoms with Gasteiger partial charge in [0.05, 0.1) is 37.6 Å². The minimum absolute atomic E-state index is 0.0425. The molecule has 4 saturated carbocycles. The molecule has 4 aliphatic carbocycles. The summed E-state index contributed by atoms with van der Waals surface area (Å²) in [6.45, 7) is 5.71. The number of methoxy groups -OCH3 is 1. The fourth-order valence-corrected chi connectivity index (χ4v) is 13.1. The molecule has 0 amide bonds. The molecule has 23 nitrogen and oxygen atoms in total. The Hall–Kier alpha value is -1.50. The molecule has 25 atom stereocenters. The molecule has 20 unspecified atom stereocenters. The quantitative estimate of drug-likeness (QED) is 0.0287. The topological polar surface area (TPSA) is 366 Å². The SMILES string of the molecule is C=C1C[C@@]23CC[C@@H]4C(C)(OC5OC(CO)C(O)C(O)C5O)CCC[C@@]4(C)[C@@H]2CC[C@]1(OC1OC(CO)C(O)C(OC(O)C(O)C(N=O)C(CO)OC)C1OC1OC(CO)C(O)C(O)C1O)C3. The van der Waals surface area contributed by atoms with Crippen LogP contribution in [0.5, 0.6) is 0 Å². The fraction of sp³-hybridized carbons (Fsp3) is 0.953. The van der Waals surface area contributed by atoms with E-state index in [1.54, 1.807) is 0 Å². The summed E-state index contributed by atoms with van der Waals surface area (Å²) in [7, 11) is 1.13. The second-order valence-electron chi connectivity index (χ2n) is 20.1. The zero-order valence-electron chi connectivity index (χ0n) is 37.5. The van der Waals surface area contributed by atoms with Crippen LogP contribution < -0.4 is 0 Å². The minimum Gasteiger partial charge on any atom is -0.394 e. The minimum atomic E-state index is -2.35. The first-order valence-electron chi connectivity index (χ1n) is 22.9. The summed E-state index contributed by atoms with van der Waals surface area (Å²) in [6, 6.07) is -1.79.